The monoisotopic (exact) mass is 336 g/mol. The van der Waals surface area contributed by atoms with Crippen molar-refractivity contribution >= 4 is 41.0 Å². The number of thiazole rings is 1. The molecule has 0 fully saturated rings. The van der Waals surface area contributed by atoms with Crippen LogP contribution in [0, 0.1) is 5.92 Å². The number of aromatic nitrogens is 1. The molecule has 1 amide bonds. The Kier molecular flexibility index (Phi) is 5.57. The molecule has 0 spiro atoms. The lowest BCUT2D eigenvalue weighted by Crippen LogP contribution is -2.16. The Bertz CT molecular complexity index is 683. The molecule has 0 radical (unpaired) electrons. The van der Waals surface area contributed by atoms with Crippen LogP contribution in [0.2, 0.25) is 0 Å². The van der Waals surface area contributed by atoms with Crippen LogP contribution < -0.4 is 10.1 Å². The molecule has 116 valence electrons. The van der Waals surface area contributed by atoms with E-state index in [4.69, 9.17) is 4.74 Å². The first-order chi connectivity index (χ1) is 10.5. The van der Waals surface area contributed by atoms with Crippen LogP contribution in [0.5, 0.6) is 5.75 Å². The third-order valence-corrected chi connectivity index (χ3v) is 3.75. The number of amides is 1. The number of ether oxygens (including phenoxy) is 1. The molecule has 0 aliphatic carbocycles. The summed E-state index contributed by atoms with van der Waals surface area (Å²) in [6, 6.07) is 6.62. The van der Waals surface area contributed by atoms with E-state index in [2.05, 4.69) is 22.9 Å². The van der Waals surface area contributed by atoms with Crippen LogP contribution in [-0.4, -0.2) is 16.9 Å². The van der Waals surface area contributed by atoms with E-state index < -0.39 is 0 Å². The van der Waals surface area contributed by atoms with Crippen LogP contribution in [0.15, 0.2) is 34.7 Å². The lowest BCUT2D eigenvalue weighted by Gasteiger charge is -2.10. The zero-order valence-corrected chi connectivity index (χ0v) is 13.9. The van der Waals surface area contributed by atoms with Crippen molar-refractivity contribution in [3.05, 3.63) is 36.0 Å². The number of rotatable bonds is 5. The second kappa shape index (κ2) is 7.42. The highest BCUT2D eigenvalue weighted by Gasteiger charge is 2.16. The summed E-state index contributed by atoms with van der Waals surface area (Å²) in [4.78, 5) is 28.1. The number of anilines is 1. The van der Waals surface area contributed by atoms with Gasteiger partial charge in [-0.3, -0.25) is 14.9 Å². The van der Waals surface area contributed by atoms with E-state index in [-0.39, 0.29) is 29.1 Å². The van der Waals surface area contributed by atoms with E-state index in [1.165, 1.54) is 11.3 Å². The number of esters is 1. The van der Waals surface area contributed by atoms with Gasteiger partial charge in [0, 0.05) is 6.42 Å². The van der Waals surface area contributed by atoms with Crippen molar-refractivity contribution in [1.82, 2.24) is 4.98 Å². The first-order valence-corrected chi connectivity index (χ1v) is 7.98. The minimum atomic E-state index is -0.379. The predicted octanol–water partition coefficient (Wildman–Crippen LogP) is 3.64. The van der Waals surface area contributed by atoms with Gasteiger partial charge in [0.2, 0.25) is 0 Å². The molecule has 1 aromatic carbocycles. The maximum Gasteiger partial charge on any atom is 0.311 e. The van der Waals surface area contributed by atoms with Crippen molar-refractivity contribution in [3.63, 3.8) is 0 Å². The van der Waals surface area contributed by atoms with Crippen molar-refractivity contribution in [2.75, 3.05) is 5.32 Å². The Labute approximate surface area is 138 Å². The number of thiol groups is 1. The number of carbonyl (C=O) groups is 2. The zero-order valence-electron chi connectivity index (χ0n) is 12.2. The van der Waals surface area contributed by atoms with Gasteiger partial charge in [-0.25, -0.2) is 4.98 Å². The second-order valence-electron chi connectivity index (χ2n) is 5.03. The summed E-state index contributed by atoms with van der Waals surface area (Å²) in [5.74, 6) is -0.302. The van der Waals surface area contributed by atoms with Crippen molar-refractivity contribution in [2.24, 2.45) is 5.92 Å². The standard InChI is InChI=1S/C15H16N2O3S2/c1-9(2)7-12(18)20-11-6-4-3-5-10(11)14(19)17-15-16-8-13(21)22-15/h3-6,8-9,21H,7H2,1-2H3,(H,16,17,19). The molecule has 0 unspecified atom stereocenters. The SMILES string of the molecule is CC(C)CC(=O)Oc1ccccc1C(=O)Nc1ncc(S)s1. The Morgan fingerprint density at radius 2 is 2.09 bits per heavy atom. The van der Waals surface area contributed by atoms with Gasteiger partial charge in [0.05, 0.1) is 16.0 Å². The predicted molar refractivity (Wildman–Crippen MR) is 88.9 cm³/mol. The number of nitrogens with zero attached hydrogens (tertiary/aromatic N) is 1. The summed E-state index contributed by atoms with van der Waals surface area (Å²) in [5.41, 5.74) is 0.288. The molecular weight excluding hydrogens is 320 g/mol. The number of benzene rings is 1. The fourth-order valence-corrected chi connectivity index (χ4v) is 2.60. The Balaban J connectivity index is 2.13. The van der Waals surface area contributed by atoms with Crippen molar-refractivity contribution in [3.8, 4) is 5.75 Å². The summed E-state index contributed by atoms with van der Waals surface area (Å²) in [5, 5.41) is 3.10. The van der Waals surface area contributed by atoms with E-state index in [0.717, 1.165) is 0 Å². The topological polar surface area (TPSA) is 68.3 Å². The highest BCUT2D eigenvalue weighted by Crippen LogP contribution is 2.24. The summed E-state index contributed by atoms with van der Waals surface area (Å²) < 4.78 is 5.99. The highest BCUT2D eigenvalue weighted by atomic mass is 32.2. The molecule has 1 aromatic heterocycles. The van der Waals surface area contributed by atoms with E-state index in [1.54, 1.807) is 30.5 Å². The molecule has 0 aliphatic heterocycles. The average molecular weight is 336 g/mol. The normalized spacial score (nSPS) is 10.5. The Morgan fingerprint density at radius 1 is 1.36 bits per heavy atom. The lowest BCUT2D eigenvalue weighted by atomic mass is 10.1. The van der Waals surface area contributed by atoms with Gasteiger partial charge in [0.1, 0.15) is 5.75 Å². The van der Waals surface area contributed by atoms with Gasteiger partial charge in [0.25, 0.3) is 5.91 Å². The van der Waals surface area contributed by atoms with Crippen LogP contribution in [0.25, 0.3) is 0 Å². The minimum Gasteiger partial charge on any atom is -0.426 e. The van der Waals surface area contributed by atoms with Crippen molar-refractivity contribution < 1.29 is 14.3 Å². The molecule has 1 N–H and O–H groups in total. The molecular formula is C15H16N2O3S2. The molecule has 7 heteroatoms. The third-order valence-electron chi connectivity index (χ3n) is 2.64. The zero-order chi connectivity index (χ0) is 16.1. The number of hydrogen-bond donors (Lipinski definition) is 2. The van der Waals surface area contributed by atoms with Gasteiger partial charge in [-0.05, 0) is 18.1 Å². The van der Waals surface area contributed by atoms with Crippen LogP contribution in [0.4, 0.5) is 5.13 Å². The van der Waals surface area contributed by atoms with Crippen LogP contribution >= 0.6 is 24.0 Å². The Morgan fingerprint density at radius 3 is 2.73 bits per heavy atom. The van der Waals surface area contributed by atoms with Gasteiger partial charge >= 0.3 is 5.97 Å². The molecule has 5 nitrogen and oxygen atoms in total. The summed E-state index contributed by atoms with van der Waals surface area (Å²) in [7, 11) is 0. The largest absolute Gasteiger partial charge is 0.426 e. The quantitative estimate of drug-likeness (QED) is 0.497. The van der Waals surface area contributed by atoms with Crippen molar-refractivity contribution in [2.45, 2.75) is 24.5 Å². The first kappa shape index (κ1) is 16.5. The summed E-state index contributed by atoms with van der Waals surface area (Å²) in [6.45, 7) is 3.86. The maximum atomic E-state index is 12.3. The van der Waals surface area contributed by atoms with Crippen molar-refractivity contribution in [1.29, 1.82) is 0 Å². The molecule has 0 aliphatic rings. The molecule has 0 saturated carbocycles. The molecule has 0 atom stereocenters. The summed E-state index contributed by atoms with van der Waals surface area (Å²) in [6.07, 6.45) is 1.85. The van der Waals surface area contributed by atoms with E-state index in [1.807, 2.05) is 13.8 Å². The molecule has 1 heterocycles. The molecule has 2 rings (SSSR count). The number of hydrogen-bond acceptors (Lipinski definition) is 6. The van der Waals surface area contributed by atoms with E-state index in [9.17, 15) is 9.59 Å². The first-order valence-electron chi connectivity index (χ1n) is 6.71. The fourth-order valence-electron chi connectivity index (χ4n) is 1.73. The third kappa shape index (κ3) is 4.57. The molecule has 0 saturated heterocycles. The lowest BCUT2D eigenvalue weighted by molar-refractivity contribution is -0.135. The molecule has 22 heavy (non-hydrogen) atoms. The van der Waals surface area contributed by atoms with E-state index in [0.29, 0.717) is 15.8 Å². The van der Waals surface area contributed by atoms with E-state index >= 15 is 0 Å². The summed E-state index contributed by atoms with van der Waals surface area (Å²) >= 11 is 5.40. The second-order valence-corrected chi connectivity index (χ2v) is 6.84. The number of carbonyl (C=O) groups excluding carboxylic acids is 2. The van der Waals surface area contributed by atoms with Gasteiger partial charge < -0.3 is 4.74 Å². The number of para-hydroxylation sites is 1. The van der Waals surface area contributed by atoms with Gasteiger partial charge in [-0.2, -0.15) is 0 Å². The minimum absolute atomic E-state index is 0.192. The van der Waals surface area contributed by atoms with Gasteiger partial charge in [-0.15, -0.1) is 12.6 Å². The van der Waals surface area contributed by atoms with Gasteiger partial charge in [-0.1, -0.05) is 37.3 Å². The van der Waals surface area contributed by atoms with Crippen LogP contribution in [0.1, 0.15) is 30.6 Å². The molecule has 2 aromatic rings. The maximum absolute atomic E-state index is 12.3. The smallest absolute Gasteiger partial charge is 0.311 e. The average Bonchev–Trinajstić information content (AvgIpc) is 2.83. The van der Waals surface area contributed by atoms with Crippen LogP contribution in [-0.2, 0) is 4.79 Å². The fraction of sp³-hybridized carbons (Fsp3) is 0.267. The van der Waals surface area contributed by atoms with Gasteiger partial charge in [0.15, 0.2) is 5.13 Å². The van der Waals surface area contributed by atoms with Crippen LogP contribution in [0.3, 0.4) is 0 Å². The number of nitrogens with one attached hydrogen (secondary N) is 1. The highest BCUT2D eigenvalue weighted by molar-refractivity contribution is 7.83. The Hall–Kier alpha value is -1.86. The molecule has 0 bridgehead atoms.